The van der Waals surface area contributed by atoms with E-state index in [9.17, 15) is 4.39 Å². The molecule has 1 N–H and O–H groups in total. The Morgan fingerprint density at radius 1 is 1.53 bits per heavy atom. The van der Waals surface area contributed by atoms with Gasteiger partial charge in [-0.3, -0.25) is 0 Å². The lowest BCUT2D eigenvalue weighted by atomic mass is 10.1. The molecule has 1 saturated heterocycles. The molecule has 1 aromatic heterocycles. The smallest absolute Gasteiger partial charge is 0.217 e. The zero-order valence-corrected chi connectivity index (χ0v) is 8.78. The van der Waals surface area contributed by atoms with Crippen LogP contribution in [0.15, 0.2) is 12.4 Å². The minimum atomic E-state index is -0.489. The maximum absolute atomic E-state index is 12.8. The summed E-state index contributed by atoms with van der Waals surface area (Å²) >= 11 is 0. The number of nitrogens with one attached hydrogen (secondary N) is 1. The number of rotatable bonds is 2. The van der Waals surface area contributed by atoms with E-state index in [1.807, 2.05) is 0 Å². The number of halogens is 1. The largest absolute Gasteiger partial charge is 0.366 e. The van der Waals surface area contributed by atoms with Crippen LogP contribution < -0.4 is 5.32 Å². The number of nitrogens with zero attached hydrogens (tertiary/aromatic N) is 3. The fourth-order valence-electron chi connectivity index (χ4n) is 1.91. The molecule has 5 heteroatoms. The van der Waals surface area contributed by atoms with E-state index in [1.165, 1.54) is 18.8 Å². The van der Waals surface area contributed by atoms with E-state index in [0.29, 0.717) is 11.9 Å². The predicted molar refractivity (Wildman–Crippen MR) is 56.1 cm³/mol. The van der Waals surface area contributed by atoms with Crippen LogP contribution in [-0.2, 0) is 0 Å². The monoisotopic (exact) mass is 210 g/mol. The number of anilines is 1. The molecule has 1 atom stereocenters. The molecular formula is C10H15FN4. The molecule has 0 spiro atoms. The molecule has 1 aliphatic rings. The van der Waals surface area contributed by atoms with Crippen LogP contribution in [0, 0.1) is 5.95 Å². The van der Waals surface area contributed by atoms with Gasteiger partial charge in [-0.05, 0) is 26.4 Å². The second kappa shape index (κ2) is 4.53. The van der Waals surface area contributed by atoms with Gasteiger partial charge in [-0.1, -0.05) is 0 Å². The summed E-state index contributed by atoms with van der Waals surface area (Å²) in [4.78, 5) is 9.66. The van der Waals surface area contributed by atoms with Crippen molar-refractivity contribution in [3.63, 3.8) is 0 Å². The van der Waals surface area contributed by atoms with Crippen LogP contribution >= 0.6 is 0 Å². The summed E-state index contributed by atoms with van der Waals surface area (Å²) in [6.45, 7) is 2.11. The third-order valence-corrected chi connectivity index (χ3v) is 2.61. The van der Waals surface area contributed by atoms with Crippen molar-refractivity contribution in [3.8, 4) is 0 Å². The van der Waals surface area contributed by atoms with Gasteiger partial charge in [0.05, 0.1) is 0 Å². The molecular weight excluding hydrogens is 195 g/mol. The van der Waals surface area contributed by atoms with Crippen LogP contribution in [-0.4, -0.2) is 41.0 Å². The summed E-state index contributed by atoms with van der Waals surface area (Å²) in [5.41, 5.74) is 0. The van der Waals surface area contributed by atoms with Crippen molar-refractivity contribution < 1.29 is 4.39 Å². The summed E-state index contributed by atoms with van der Waals surface area (Å²) < 4.78 is 12.8. The SMILES string of the molecule is CN1CCCC(Nc2cc(F)ncn2)C1. The van der Waals surface area contributed by atoms with Gasteiger partial charge in [0.2, 0.25) is 5.95 Å². The van der Waals surface area contributed by atoms with Crippen LogP contribution in [0.1, 0.15) is 12.8 Å². The summed E-state index contributed by atoms with van der Waals surface area (Å²) in [5.74, 6) is 0.0828. The van der Waals surface area contributed by atoms with Crippen molar-refractivity contribution in [3.05, 3.63) is 18.3 Å². The van der Waals surface area contributed by atoms with Crippen LogP contribution in [0.2, 0.25) is 0 Å². The zero-order valence-electron chi connectivity index (χ0n) is 8.78. The highest BCUT2D eigenvalue weighted by Gasteiger charge is 2.17. The maximum Gasteiger partial charge on any atom is 0.217 e. The molecule has 0 amide bonds. The van der Waals surface area contributed by atoms with Crippen molar-refractivity contribution in [2.24, 2.45) is 0 Å². The van der Waals surface area contributed by atoms with Gasteiger partial charge in [0.1, 0.15) is 12.1 Å². The zero-order chi connectivity index (χ0) is 10.7. The molecule has 0 radical (unpaired) electrons. The molecule has 82 valence electrons. The summed E-state index contributed by atoms with van der Waals surface area (Å²) in [5, 5.41) is 3.22. The molecule has 15 heavy (non-hydrogen) atoms. The fraction of sp³-hybridized carbons (Fsp3) is 0.600. The average molecular weight is 210 g/mol. The third-order valence-electron chi connectivity index (χ3n) is 2.61. The van der Waals surface area contributed by atoms with Crippen LogP contribution in [0.25, 0.3) is 0 Å². The molecule has 2 rings (SSSR count). The van der Waals surface area contributed by atoms with Crippen LogP contribution in [0.4, 0.5) is 10.2 Å². The Balaban J connectivity index is 1.96. The highest BCUT2D eigenvalue weighted by Crippen LogP contribution is 2.13. The highest BCUT2D eigenvalue weighted by atomic mass is 19.1. The van der Waals surface area contributed by atoms with E-state index in [0.717, 1.165) is 19.5 Å². The Hall–Kier alpha value is -1.23. The second-order valence-electron chi connectivity index (χ2n) is 3.97. The molecule has 1 unspecified atom stereocenters. The molecule has 4 nitrogen and oxygen atoms in total. The number of piperidine rings is 1. The first-order valence-corrected chi connectivity index (χ1v) is 5.16. The van der Waals surface area contributed by atoms with E-state index < -0.39 is 5.95 Å². The number of hydrogen-bond acceptors (Lipinski definition) is 4. The minimum absolute atomic E-state index is 0.359. The van der Waals surface area contributed by atoms with E-state index in [-0.39, 0.29) is 0 Å². The lowest BCUT2D eigenvalue weighted by molar-refractivity contribution is 0.260. The number of hydrogen-bond donors (Lipinski definition) is 1. The third kappa shape index (κ3) is 2.86. The molecule has 2 heterocycles. The average Bonchev–Trinajstić information content (AvgIpc) is 2.17. The van der Waals surface area contributed by atoms with Crippen molar-refractivity contribution in [2.45, 2.75) is 18.9 Å². The summed E-state index contributed by atoms with van der Waals surface area (Å²) in [7, 11) is 2.09. The van der Waals surface area contributed by atoms with Gasteiger partial charge in [-0.2, -0.15) is 4.39 Å². The summed E-state index contributed by atoms with van der Waals surface area (Å²) in [6.07, 6.45) is 3.52. The Morgan fingerprint density at radius 3 is 3.13 bits per heavy atom. The number of likely N-dealkylation sites (N-methyl/N-ethyl adjacent to an activating group) is 1. The quantitative estimate of drug-likeness (QED) is 0.743. The number of likely N-dealkylation sites (tertiary alicyclic amines) is 1. The van der Waals surface area contributed by atoms with E-state index in [2.05, 4.69) is 27.2 Å². The lowest BCUT2D eigenvalue weighted by Gasteiger charge is -2.30. The standard InChI is InChI=1S/C10H15FN4/c1-15-4-2-3-8(6-15)14-10-5-9(11)12-7-13-10/h5,7-8H,2-4,6H2,1H3,(H,12,13,14). The van der Waals surface area contributed by atoms with Crippen molar-refractivity contribution in [1.82, 2.24) is 14.9 Å². The van der Waals surface area contributed by atoms with Gasteiger partial charge in [-0.25, -0.2) is 9.97 Å². The van der Waals surface area contributed by atoms with Gasteiger partial charge in [0.25, 0.3) is 0 Å². The summed E-state index contributed by atoms with van der Waals surface area (Å²) in [6, 6.07) is 1.69. The first-order chi connectivity index (χ1) is 7.24. The van der Waals surface area contributed by atoms with Crippen molar-refractivity contribution >= 4 is 5.82 Å². The van der Waals surface area contributed by atoms with Crippen LogP contribution in [0.3, 0.4) is 0 Å². The molecule has 0 saturated carbocycles. The van der Waals surface area contributed by atoms with Gasteiger partial charge >= 0.3 is 0 Å². The number of aromatic nitrogens is 2. The Morgan fingerprint density at radius 2 is 2.40 bits per heavy atom. The Labute approximate surface area is 88.5 Å². The predicted octanol–water partition coefficient (Wildman–Crippen LogP) is 1.12. The lowest BCUT2D eigenvalue weighted by Crippen LogP contribution is -2.39. The van der Waals surface area contributed by atoms with Crippen LogP contribution in [0.5, 0.6) is 0 Å². The first-order valence-electron chi connectivity index (χ1n) is 5.16. The van der Waals surface area contributed by atoms with E-state index in [4.69, 9.17) is 0 Å². The fourth-order valence-corrected chi connectivity index (χ4v) is 1.91. The Kier molecular flexibility index (Phi) is 3.11. The molecule has 1 aromatic rings. The van der Waals surface area contributed by atoms with Gasteiger partial charge < -0.3 is 10.2 Å². The molecule has 0 bridgehead atoms. The topological polar surface area (TPSA) is 41.0 Å². The van der Waals surface area contributed by atoms with Crippen molar-refractivity contribution in [2.75, 3.05) is 25.5 Å². The van der Waals surface area contributed by atoms with E-state index in [1.54, 1.807) is 0 Å². The van der Waals surface area contributed by atoms with E-state index >= 15 is 0 Å². The Bertz CT molecular complexity index is 331. The first kappa shape index (κ1) is 10.3. The molecule has 1 fully saturated rings. The molecule has 0 aromatic carbocycles. The highest BCUT2D eigenvalue weighted by molar-refractivity contribution is 5.33. The van der Waals surface area contributed by atoms with Gasteiger partial charge in [-0.15, -0.1) is 0 Å². The maximum atomic E-state index is 12.8. The normalized spacial score (nSPS) is 22.7. The molecule has 1 aliphatic heterocycles. The minimum Gasteiger partial charge on any atom is -0.366 e. The molecule has 0 aliphatic carbocycles. The second-order valence-corrected chi connectivity index (χ2v) is 3.97. The van der Waals surface area contributed by atoms with Gasteiger partial charge in [0.15, 0.2) is 0 Å². The van der Waals surface area contributed by atoms with Gasteiger partial charge in [0, 0.05) is 18.7 Å². The van der Waals surface area contributed by atoms with Crippen molar-refractivity contribution in [1.29, 1.82) is 0 Å².